The van der Waals surface area contributed by atoms with Crippen molar-refractivity contribution in [2.45, 2.75) is 83.5 Å². The fourth-order valence-electron chi connectivity index (χ4n) is 8.08. The minimum atomic E-state index is -1.12. The van der Waals surface area contributed by atoms with Gasteiger partial charge in [-0.3, -0.25) is 4.79 Å². The van der Waals surface area contributed by atoms with E-state index in [1.54, 1.807) is 0 Å². The molecule has 8 nitrogen and oxygen atoms in total. The van der Waals surface area contributed by atoms with Crippen molar-refractivity contribution in [3.05, 3.63) is 23.8 Å². The molecule has 0 spiro atoms. The zero-order valence-corrected chi connectivity index (χ0v) is 20.9. The molecule has 5 rings (SSSR count). The lowest BCUT2D eigenvalue weighted by Crippen LogP contribution is -2.53. The van der Waals surface area contributed by atoms with Gasteiger partial charge in [-0.2, -0.15) is 0 Å². The van der Waals surface area contributed by atoms with Crippen LogP contribution in [0.15, 0.2) is 29.0 Å². The number of nitrogens with zero attached hydrogens (tertiary/aromatic N) is 2. The number of fused-ring (bicyclic) bond motifs is 5. The van der Waals surface area contributed by atoms with E-state index in [9.17, 15) is 24.9 Å². The van der Waals surface area contributed by atoms with Crippen LogP contribution in [0.4, 0.5) is 0 Å². The van der Waals surface area contributed by atoms with Gasteiger partial charge < -0.3 is 25.1 Å². The third-order valence-corrected chi connectivity index (χ3v) is 10.4. The molecule has 3 saturated carbocycles. The number of carbonyl (C=O) groups excluding carboxylic acids is 1. The van der Waals surface area contributed by atoms with Crippen LogP contribution >= 0.6 is 0 Å². The van der Waals surface area contributed by atoms with Gasteiger partial charge in [0, 0.05) is 18.4 Å². The maximum absolute atomic E-state index is 12.5. The highest BCUT2D eigenvalue weighted by atomic mass is 16.6. The van der Waals surface area contributed by atoms with Crippen molar-refractivity contribution >= 4 is 17.6 Å². The van der Waals surface area contributed by atoms with Crippen LogP contribution in [0.5, 0.6) is 0 Å². The first kappa shape index (κ1) is 24.5. The predicted molar refractivity (Wildman–Crippen MR) is 129 cm³/mol. The average molecular weight is 487 g/mol. The van der Waals surface area contributed by atoms with Gasteiger partial charge in [0.2, 0.25) is 0 Å². The van der Waals surface area contributed by atoms with Crippen LogP contribution in [-0.4, -0.2) is 68.7 Å². The fourth-order valence-corrected chi connectivity index (χ4v) is 8.08. The molecule has 0 aromatic carbocycles. The van der Waals surface area contributed by atoms with Crippen LogP contribution in [0.3, 0.4) is 0 Å². The molecule has 1 amide bonds. The van der Waals surface area contributed by atoms with Crippen molar-refractivity contribution in [1.82, 2.24) is 4.90 Å². The van der Waals surface area contributed by atoms with Gasteiger partial charge in [-0.25, -0.2) is 4.79 Å². The normalized spacial score (nSPS) is 45.5. The molecule has 0 aromatic heterocycles. The van der Waals surface area contributed by atoms with E-state index >= 15 is 0 Å². The first-order valence-electron chi connectivity index (χ1n) is 13.0. The molecule has 3 N–H and O–H groups in total. The lowest BCUT2D eigenvalue weighted by Gasteiger charge is -2.58. The number of amides is 1. The maximum Gasteiger partial charge on any atom is 0.326 e. The highest BCUT2D eigenvalue weighted by molar-refractivity contribution is 6.05. The minimum Gasteiger partial charge on any atom is -0.480 e. The second-order valence-corrected chi connectivity index (χ2v) is 12.0. The number of oxime groups is 1. The molecule has 1 saturated heterocycles. The Morgan fingerprint density at radius 2 is 1.91 bits per heavy atom. The molecule has 8 atom stereocenters. The van der Waals surface area contributed by atoms with Crippen LogP contribution in [0.25, 0.3) is 0 Å². The lowest BCUT2D eigenvalue weighted by molar-refractivity contribution is -0.150. The number of carboxylic acid groups (broad SMARTS) is 1. The molecule has 192 valence electrons. The third-order valence-electron chi connectivity index (χ3n) is 10.4. The Bertz CT molecular complexity index is 1000. The third kappa shape index (κ3) is 3.84. The van der Waals surface area contributed by atoms with Gasteiger partial charge in [0.1, 0.15) is 11.8 Å². The summed E-state index contributed by atoms with van der Waals surface area (Å²) in [6.45, 7) is 6.30. The Hall–Kier alpha value is -2.19. The summed E-state index contributed by atoms with van der Waals surface area (Å²) in [6, 6.07) is -1.03. The van der Waals surface area contributed by atoms with Crippen molar-refractivity contribution in [3.8, 4) is 0 Å². The number of aliphatic carboxylic acids is 1. The van der Waals surface area contributed by atoms with E-state index in [-0.39, 0.29) is 30.4 Å². The molecule has 8 heteroatoms. The van der Waals surface area contributed by atoms with E-state index in [4.69, 9.17) is 4.84 Å². The molecule has 4 fully saturated rings. The summed E-state index contributed by atoms with van der Waals surface area (Å²) in [5.41, 5.74) is 1.39. The highest BCUT2D eigenvalue weighted by Crippen LogP contribution is 2.66. The summed E-state index contributed by atoms with van der Waals surface area (Å²) in [7, 11) is 0. The number of hydrogen-bond acceptors (Lipinski definition) is 6. The number of allylic oxidation sites excluding steroid dienone is 4. The Morgan fingerprint density at radius 1 is 1.17 bits per heavy atom. The summed E-state index contributed by atoms with van der Waals surface area (Å²) >= 11 is 0. The average Bonchev–Trinajstić information content (AvgIpc) is 3.31. The van der Waals surface area contributed by atoms with E-state index < -0.39 is 29.6 Å². The van der Waals surface area contributed by atoms with Crippen LogP contribution in [-0.2, 0) is 14.4 Å². The van der Waals surface area contributed by atoms with Gasteiger partial charge in [-0.15, -0.1) is 0 Å². The summed E-state index contributed by atoms with van der Waals surface area (Å²) < 4.78 is 0. The summed E-state index contributed by atoms with van der Waals surface area (Å²) in [6.07, 6.45) is 11.8. The molecular formula is C27H38N2O6. The molecular weight excluding hydrogens is 448 g/mol. The van der Waals surface area contributed by atoms with E-state index in [1.165, 1.54) is 5.57 Å². The molecule has 0 radical (unpaired) electrons. The van der Waals surface area contributed by atoms with Crippen molar-refractivity contribution < 1.29 is 29.7 Å². The van der Waals surface area contributed by atoms with Crippen molar-refractivity contribution in [1.29, 1.82) is 0 Å². The molecule has 1 heterocycles. The summed E-state index contributed by atoms with van der Waals surface area (Å²) in [4.78, 5) is 30.3. The minimum absolute atomic E-state index is 0.00214. The number of aliphatic hydroxyl groups is 2. The Kier molecular flexibility index (Phi) is 5.91. The van der Waals surface area contributed by atoms with Crippen molar-refractivity contribution in [2.24, 2.45) is 33.7 Å². The second-order valence-electron chi connectivity index (χ2n) is 12.0. The van der Waals surface area contributed by atoms with Gasteiger partial charge in [0.05, 0.1) is 11.7 Å². The SMILES string of the molecule is C[C@]12C=C/C(=N\OCC(=O)N3C[C@H](O)C[C@@H]3C(=O)O)C=C1CC[C@H]1[C@@H]2CC[C@@]2(C)[C@H]1CC[C@]2(C)O. The molecule has 35 heavy (non-hydrogen) atoms. The lowest BCUT2D eigenvalue weighted by atomic mass is 9.47. The van der Waals surface area contributed by atoms with Gasteiger partial charge in [0.15, 0.2) is 6.61 Å². The summed E-state index contributed by atoms with van der Waals surface area (Å²) in [5, 5.41) is 34.3. The molecule has 0 bridgehead atoms. The number of aliphatic hydroxyl groups excluding tert-OH is 1. The predicted octanol–water partition coefficient (Wildman–Crippen LogP) is 2.90. The Labute approximate surface area is 206 Å². The quantitative estimate of drug-likeness (QED) is 0.526. The molecule has 0 unspecified atom stereocenters. The fraction of sp³-hybridized carbons (Fsp3) is 0.741. The smallest absolute Gasteiger partial charge is 0.326 e. The van der Waals surface area contributed by atoms with E-state index in [0.29, 0.717) is 23.5 Å². The van der Waals surface area contributed by atoms with Gasteiger partial charge >= 0.3 is 5.97 Å². The highest BCUT2D eigenvalue weighted by Gasteiger charge is 2.62. The summed E-state index contributed by atoms with van der Waals surface area (Å²) in [5.74, 6) is 0.101. The van der Waals surface area contributed by atoms with Crippen LogP contribution in [0, 0.1) is 28.6 Å². The Balaban J connectivity index is 1.25. The Morgan fingerprint density at radius 3 is 2.66 bits per heavy atom. The van der Waals surface area contributed by atoms with E-state index in [1.807, 2.05) is 13.0 Å². The maximum atomic E-state index is 12.5. The molecule has 1 aliphatic heterocycles. The first-order valence-corrected chi connectivity index (χ1v) is 13.0. The standard InChI is InChI=1S/C27H38N2O6/c1-25-9-6-17(28-35-15-23(31)29-14-18(30)13-22(29)24(32)33)12-16(25)4-5-19-20(25)7-10-26(2)21(19)8-11-27(26,3)34/h6,9,12,18-22,30,34H,4-5,7-8,10-11,13-15H2,1-3H3,(H,32,33)/b28-17+/t18-,19+,20+,21+,22-,25+,26+,27+/m1/s1. The molecule has 4 aliphatic carbocycles. The topological polar surface area (TPSA) is 120 Å². The molecule has 0 aromatic rings. The number of carbonyl (C=O) groups is 2. The van der Waals surface area contributed by atoms with Crippen LogP contribution in [0.2, 0.25) is 0 Å². The second kappa shape index (κ2) is 8.44. The largest absolute Gasteiger partial charge is 0.480 e. The number of carboxylic acids is 1. The first-order chi connectivity index (χ1) is 16.5. The zero-order chi connectivity index (χ0) is 25.2. The number of rotatable bonds is 4. The van der Waals surface area contributed by atoms with Crippen LogP contribution in [0.1, 0.15) is 65.7 Å². The van der Waals surface area contributed by atoms with Crippen molar-refractivity contribution in [3.63, 3.8) is 0 Å². The molecule has 5 aliphatic rings. The zero-order valence-electron chi connectivity index (χ0n) is 20.9. The number of likely N-dealkylation sites (tertiary alicyclic amines) is 1. The van der Waals surface area contributed by atoms with Gasteiger partial charge in [-0.05, 0) is 80.8 Å². The van der Waals surface area contributed by atoms with Gasteiger partial charge in [0.25, 0.3) is 5.91 Å². The number of hydrogen-bond donors (Lipinski definition) is 3. The monoisotopic (exact) mass is 486 g/mol. The van der Waals surface area contributed by atoms with Crippen molar-refractivity contribution in [2.75, 3.05) is 13.2 Å². The number of β-amino-alcohol motifs (C(OH)–C–C–N with tert-alkyl or cyclic N) is 1. The van der Waals surface area contributed by atoms with E-state index in [2.05, 4.69) is 31.2 Å². The van der Waals surface area contributed by atoms with E-state index in [0.717, 1.165) is 43.4 Å². The van der Waals surface area contributed by atoms with Gasteiger partial charge in [-0.1, -0.05) is 30.7 Å². The van der Waals surface area contributed by atoms with Crippen LogP contribution < -0.4 is 0 Å².